The van der Waals surface area contributed by atoms with E-state index in [9.17, 15) is 14.9 Å². The molecule has 23 heavy (non-hydrogen) atoms. The maximum atomic E-state index is 12.5. The van der Waals surface area contributed by atoms with E-state index in [1.165, 1.54) is 12.4 Å². The molecule has 0 spiro atoms. The molecule has 7 nitrogen and oxygen atoms in total. The molecule has 3 rings (SSSR count). The van der Waals surface area contributed by atoms with Crippen molar-refractivity contribution >= 4 is 11.6 Å². The molecule has 1 aliphatic carbocycles. The molecule has 2 aliphatic rings. The molecule has 0 radical (unpaired) electrons. The molecule has 1 amide bonds. The summed E-state index contributed by atoms with van der Waals surface area (Å²) in [6.45, 7) is 4.18. The molecule has 126 valence electrons. The molecule has 1 aliphatic heterocycles. The minimum absolute atomic E-state index is 0.0224. The lowest BCUT2D eigenvalue weighted by Gasteiger charge is -2.31. The van der Waals surface area contributed by atoms with Crippen molar-refractivity contribution in [3.8, 4) is 0 Å². The van der Waals surface area contributed by atoms with Crippen molar-refractivity contribution in [2.45, 2.75) is 70.5 Å². The topological polar surface area (TPSA) is 81.3 Å². The SMILES string of the molecule is CCC(CC1CCC(C)N1C(=O)C1CC1)n1cc([N+](=O)[O-])cn1. The number of amides is 1. The van der Waals surface area contributed by atoms with Gasteiger partial charge in [-0.25, -0.2) is 0 Å². The van der Waals surface area contributed by atoms with Gasteiger partial charge in [-0.2, -0.15) is 5.10 Å². The number of hydrogen-bond donors (Lipinski definition) is 0. The van der Waals surface area contributed by atoms with Gasteiger partial charge in [0, 0.05) is 18.0 Å². The van der Waals surface area contributed by atoms with Crippen LogP contribution >= 0.6 is 0 Å². The summed E-state index contributed by atoms with van der Waals surface area (Å²) in [5.41, 5.74) is 0.0224. The van der Waals surface area contributed by atoms with E-state index >= 15 is 0 Å². The van der Waals surface area contributed by atoms with Crippen molar-refractivity contribution < 1.29 is 9.72 Å². The minimum atomic E-state index is -0.420. The number of nitro groups is 1. The van der Waals surface area contributed by atoms with E-state index in [2.05, 4.69) is 23.8 Å². The first kappa shape index (κ1) is 16.0. The molecule has 1 aromatic rings. The van der Waals surface area contributed by atoms with E-state index in [4.69, 9.17) is 0 Å². The first-order valence-electron chi connectivity index (χ1n) is 8.52. The second kappa shape index (κ2) is 6.29. The Bertz CT molecular complexity index is 596. The zero-order chi connectivity index (χ0) is 16.6. The molecule has 2 fully saturated rings. The number of carbonyl (C=O) groups is 1. The summed E-state index contributed by atoms with van der Waals surface area (Å²) in [5.74, 6) is 0.546. The quantitative estimate of drug-likeness (QED) is 0.596. The number of aromatic nitrogens is 2. The molecule has 0 N–H and O–H groups in total. The van der Waals surface area contributed by atoms with Gasteiger partial charge in [-0.05, 0) is 45.4 Å². The van der Waals surface area contributed by atoms with Crippen molar-refractivity contribution in [1.82, 2.24) is 14.7 Å². The van der Waals surface area contributed by atoms with Crippen molar-refractivity contribution in [2.75, 3.05) is 0 Å². The maximum absolute atomic E-state index is 12.5. The van der Waals surface area contributed by atoms with E-state index in [-0.39, 0.29) is 23.7 Å². The highest BCUT2D eigenvalue weighted by atomic mass is 16.6. The van der Waals surface area contributed by atoms with Crippen LogP contribution in [0, 0.1) is 16.0 Å². The fraction of sp³-hybridized carbons (Fsp3) is 0.750. The molecule has 0 bridgehead atoms. The summed E-state index contributed by atoms with van der Waals surface area (Å²) in [5, 5.41) is 15.0. The smallest absolute Gasteiger partial charge is 0.307 e. The van der Waals surface area contributed by atoms with Crippen molar-refractivity contribution in [2.24, 2.45) is 5.92 Å². The van der Waals surface area contributed by atoms with Crippen LogP contribution in [0.4, 0.5) is 5.69 Å². The molecule has 3 unspecified atom stereocenters. The fourth-order valence-electron chi connectivity index (χ4n) is 3.64. The Morgan fingerprint density at radius 3 is 2.74 bits per heavy atom. The summed E-state index contributed by atoms with van der Waals surface area (Å²) >= 11 is 0. The van der Waals surface area contributed by atoms with Gasteiger partial charge in [0.1, 0.15) is 12.4 Å². The fourth-order valence-corrected chi connectivity index (χ4v) is 3.64. The molecule has 7 heteroatoms. The minimum Gasteiger partial charge on any atom is -0.337 e. The van der Waals surface area contributed by atoms with Crippen LogP contribution in [-0.4, -0.2) is 37.6 Å². The Morgan fingerprint density at radius 2 is 2.17 bits per heavy atom. The third-order valence-corrected chi connectivity index (χ3v) is 5.16. The summed E-state index contributed by atoms with van der Waals surface area (Å²) in [6.07, 6.45) is 8.56. The Balaban J connectivity index is 1.71. The second-order valence-corrected chi connectivity index (χ2v) is 6.83. The Morgan fingerprint density at radius 1 is 1.43 bits per heavy atom. The van der Waals surface area contributed by atoms with Crippen LogP contribution in [0.1, 0.15) is 58.4 Å². The monoisotopic (exact) mass is 320 g/mol. The lowest BCUT2D eigenvalue weighted by atomic mass is 10.0. The highest BCUT2D eigenvalue weighted by Crippen LogP contribution is 2.38. The van der Waals surface area contributed by atoms with Gasteiger partial charge < -0.3 is 4.90 Å². The Labute approximate surface area is 135 Å². The van der Waals surface area contributed by atoms with Crippen molar-refractivity contribution in [3.05, 3.63) is 22.5 Å². The summed E-state index contributed by atoms with van der Waals surface area (Å²) in [4.78, 5) is 25.0. The molecule has 3 atom stereocenters. The van der Waals surface area contributed by atoms with E-state index in [0.29, 0.717) is 11.9 Å². The average Bonchev–Trinajstić information content (AvgIpc) is 3.14. The van der Waals surface area contributed by atoms with Crippen molar-refractivity contribution in [3.63, 3.8) is 0 Å². The van der Waals surface area contributed by atoms with Crippen LogP contribution in [0.5, 0.6) is 0 Å². The first-order valence-corrected chi connectivity index (χ1v) is 8.52. The molecular weight excluding hydrogens is 296 g/mol. The third-order valence-electron chi connectivity index (χ3n) is 5.16. The van der Waals surface area contributed by atoms with Crippen LogP contribution in [0.2, 0.25) is 0 Å². The molecule has 1 saturated heterocycles. The number of hydrogen-bond acceptors (Lipinski definition) is 4. The van der Waals surface area contributed by atoms with Crippen LogP contribution in [0.25, 0.3) is 0 Å². The van der Waals surface area contributed by atoms with Crippen LogP contribution < -0.4 is 0 Å². The lowest BCUT2D eigenvalue weighted by Crippen LogP contribution is -2.41. The van der Waals surface area contributed by atoms with Crippen LogP contribution in [-0.2, 0) is 4.79 Å². The molecule has 1 saturated carbocycles. The summed E-state index contributed by atoms with van der Waals surface area (Å²) < 4.78 is 1.70. The summed E-state index contributed by atoms with van der Waals surface area (Å²) in [6, 6.07) is 0.623. The number of likely N-dealkylation sites (tertiary alicyclic amines) is 1. The van der Waals surface area contributed by atoms with Gasteiger partial charge in [-0.3, -0.25) is 19.6 Å². The van der Waals surface area contributed by atoms with E-state index in [1.54, 1.807) is 4.68 Å². The zero-order valence-electron chi connectivity index (χ0n) is 13.7. The van der Waals surface area contributed by atoms with Gasteiger partial charge in [0.25, 0.3) is 0 Å². The average molecular weight is 320 g/mol. The highest BCUT2D eigenvalue weighted by Gasteiger charge is 2.42. The van der Waals surface area contributed by atoms with E-state index in [1.807, 2.05) is 0 Å². The van der Waals surface area contributed by atoms with Gasteiger partial charge in [0.2, 0.25) is 5.91 Å². The molecular formula is C16H24N4O3. The number of nitrogens with zero attached hydrogens (tertiary/aromatic N) is 4. The molecule has 0 aromatic carbocycles. The second-order valence-electron chi connectivity index (χ2n) is 6.83. The third kappa shape index (κ3) is 3.23. The van der Waals surface area contributed by atoms with Gasteiger partial charge in [0.15, 0.2) is 0 Å². The standard InChI is InChI=1S/C16H24N4O3/c1-3-13(18-10-15(9-17-18)20(22)23)8-14-7-4-11(2)19(14)16(21)12-5-6-12/h9-14H,3-8H2,1-2H3. The Kier molecular flexibility index (Phi) is 4.37. The van der Waals surface area contributed by atoms with Gasteiger partial charge in [-0.1, -0.05) is 6.92 Å². The largest absolute Gasteiger partial charge is 0.337 e. The number of carbonyl (C=O) groups excluding carboxylic acids is 1. The lowest BCUT2D eigenvalue weighted by molar-refractivity contribution is -0.385. The maximum Gasteiger partial charge on any atom is 0.307 e. The molecule has 2 heterocycles. The van der Waals surface area contributed by atoms with Gasteiger partial charge in [-0.15, -0.1) is 0 Å². The number of rotatable bonds is 6. The Hall–Kier alpha value is -1.92. The van der Waals surface area contributed by atoms with Crippen LogP contribution in [0.3, 0.4) is 0 Å². The highest BCUT2D eigenvalue weighted by molar-refractivity contribution is 5.81. The predicted molar refractivity (Wildman–Crippen MR) is 84.9 cm³/mol. The van der Waals surface area contributed by atoms with Gasteiger partial charge in [0.05, 0.1) is 11.0 Å². The van der Waals surface area contributed by atoms with E-state index < -0.39 is 4.92 Å². The van der Waals surface area contributed by atoms with Gasteiger partial charge >= 0.3 is 5.69 Å². The first-order chi connectivity index (χ1) is 11.0. The van der Waals surface area contributed by atoms with Crippen molar-refractivity contribution in [1.29, 1.82) is 0 Å². The zero-order valence-corrected chi connectivity index (χ0v) is 13.7. The predicted octanol–water partition coefficient (Wildman–Crippen LogP) is 2.92. The molecule has 1 aromatic heterocycles. The van der Waals surface area contributed by atoms with E-state index in [0.717, 1.165) is 38.5 Å². The van der Waals surface area contributed by atoms with Crippen LogP contribution in [0.15, 0.2) is 12.4 Å². The normalized spacial score (nSPS) is 25.6. The summed E-state index contributed by atoms with van der Waals surface area (Å²) in [7, 11) is 0.